The molecule has 27 rings (SSSR count). The van der Waals surface area contributed by atoms with Crippen LogP contribution in [0.15, 0.2) is 320 Å². The number of aromatic amines is 9. The number of rotatable bonds is 24. The number of H-pyrrole nitrogens is 9. The van der Waals surface area contributed by atoms with E-state index in [1.54, 1.807) is 44.4 Å². The van der Waals surface area contributed by atoms with Gasteiger partial charge in [0.05, 0.1) is 48.8 Å². The van der Waals surface area contributed by atoms with Crippen molar-refractivity contribution in [3.63, 3.8) is 0 Å². The van der Waals surface area contributed by atoms with E-state index in [1.807, 2.05) is 36.7 Å². The van der Waals surface area contributed by atoms with Crippen molar-refractivity contribution in [3.8, 4) is 11.5 Å². The molecule has 11 aromatic carbocycles. The van der Waals surface area contributed by atoms with Crippen LogP contribution in [0, 0.1) is 5.82 Å². The van der Waals surface area contributed by atoms with Gasteiger partial charge in [0, 0.05) is 211 Å². The molecule has 0 amide bonds. The molecule has 147 heavy (non-hydrogen) atoms. The molecule has 20 aromatic rings. The fraction of sp³-hybridized carbons (Fsp3) is 0.289. The second-order valence-corrected chi connectivity index (χ2v) is 42.0. The first-order valence-corrected chi connectivity index (χ1v) is 53.7. The molecular formula is C121H128FN18O6P. The maximum atomic E-state index is 13.2. The van der Waals surface area contributed by atoms with E-state index in [0.717, 1.165) is 159 Å². The molecule has 0 radical (unpaired) electrons. The lowest BCUT2D eigenvalue weighted by molar-refractivity contribution is 0.167. The minimum Gasteiger partial charge on any atom is -0.505 e. The third-order valence-corrected chi connectivity index (χ3v) is 32.5. The Labute approximate surface area is 854 Å². The molecule has 0 bridgehead atoms. The molecule has 26 heteroatoms. The molecule has 6 fully saturated rings. The van der Waals surface area contributed by atoms with Crippen molar-refractivity contribution < 1.29 is 27.6 Å². The van der Waals surface area contributed by atoms with Gasteiger partial charge in [0.15, 0.2) is 11.6 Å². The first-order valence-electron chi connectivity index (χ1n) is 52.2. The normalized spacial score (nSPS) is 18.8. The number of phosphoric acid groups is 1. The predicted molar refractivity (Wildman–Crippen MR) is 589 cm³/mol. The van der Waals surface area contributed by atoms with Crippen molar-refractivity contribution in [3.05, 3.63) is 405 Å². The number of phosphoric ester groups is 1. The largest absolute Gasteiger partial charge is 0.530 e. The fourth-order valence-electron chi connectivity index (χ4n) is 23.2. The summed E-state index contributed by atoms with van der Waals surface area (Å²) in [6.07, 6.45) is 27.4. The third kappa shape index (κ3) is 22.8. The van der Waals surface area contributed by atoms with Crippen molar-refractivity contribution in [1.29, 1.82) is 0 Å². The zero-order chi connectivity index (χ0) is 99.5. The number of pyridine rings is 1. The Kier molecular flexibility index (Phi) is 29.8. The second kappa shape index (κ2) is 44.9. The summed E-state index contributed by atoms with van der Waals surface area (Å²) < 4.78 is 42.0. The second-order valence-electron chi connectivity index (χ2n) is 40.4. The van der Waals surface area contributed by atoms with Gasteiger partial charge in [-0.3, -0.25) is 53.3 Å². The van der Waals surface area contributed by atoms with Gasteiger partial charge >= 0.3 is 7.82 Å². The number of phenols is 1. The number of para-hydroxylation sites is 6. The number of nitrogens with one attached hydrogen (secondary N) is 9. The van der Waals surface area contributed by atoms with Gasteiger partial charge in [0.25, 0.3) is 0 Å². The summed E-state index contributed by atoms with van der Waals surface area (Å²) in [4.78, 5) is 61.2. The summed E-state index contributed by atoms with van der Waals surface area (Å²) in [6.45, 7) is 23.8. The third-order valence-electron chi connectivity index (χ3n) is 30.9. The van der Waals surface area contributed by atoms with Crippen LogP contribution in [0.4, 0.5) is 4.39 Å². The summed E-state index contributed by atoms with van der Waals surface area (Å²) in [5.41, 5.74) is 29.3. The van der Waals surface area contributed by atoms with Crippen LogP contribution in [-0.2, 0) is 59.4 Å². The maximum absolute atomic E-state index is 13.2. The van der Waals surface area contributed by atoms with Crippen LogP contribution >= 0.6 is 7.82 Å². The minimum absolute atomic E-state index is 0.0302. The summed E-state index contributed by atoms with van der Waals surface area (Å²) >= 11 is 0. The highest BCUT2D eigenvalue weighted by atomic mass is 31.2. The van der Waals surface area contributed by atoms with Gasteiger partial charge in [-0.1, -0.05) is 170 Å². The Morgan fingerprint density at radius 2 is 0.755 bits per heavy atom. The van der Waals surface area contributed by atoms with E-state index >= 15 is 0 Å². The van der Waals surface area contributed by atoms with E-state index in [-0.39, 0.29) is 24.5 Å². The number of nitrogens with zero attached hydrogens (tertiary/aromatic N) is 9. The molecule has 6 atom stereocenters. The molecular weight excluding hydrogens is 1850 g/mol. The van der Waals surface area contributed by atoms with E-state index in [4.69, 9.17) is 13.6 Å². The summed E-state index contributed by atoms with van der Waals surface area (Å²) in [5, 5.41) is 25.9. The van der Waals surface area contributed by atoms with E-state index < -0.39 is 13.6 Å². The number of aromatic nitrogens is 11. The number of fused-ring (bicyclic) bond motifs is 9. The fourth-order valence-corrected chi connectivity index (χ4v) is 24.4. The van der Waals surface area contributed by atoms with Crippen molar-refractivity contribution in [1.82, 2.24) is 84.5 Å². The smallest absolute Gasteiger partial charge is 0.505 e. The molecule has 16 heterocycles. The van der Waals surface area contributed by atoms with Crippen LogP contribution in [0.1, 0.15) is 166 Å². The molecule has 7 aliphatic rings. The monoisotopic (exact) mass is 1980 g/mol. The Morgan fingerprint density at radius 3 is 1.18 bits per heavy atom. The van der Waals surface area contributed by atoms with Crippen LogP contribution in [0.2, 0.25) is 0 Å². The number of hydrogen-bond acceptors (Lipinski definition) is 15. The Morgan fingerprint density at radius 1 is 0.374 bits per heavy atom. The lowest BCUT2D eigenvalue weighted by Gasteiger charge is -2.19. The van der Waals surface area contributed by atoms with Crippen LogP contribution in [-0.4, -0.2) is 188 Å². The van der Waals surface area contributed by atoms with E-state index in [2.05, 4.69) is 333 Å². The topological polar surface area (TPSA) is 282 Å². The highest BCUT2D eigenvalue weighted by Gasteiger charge is 2.34. The van der Waals surface area contributed by atoms with Crippen molar-refractivity contribution >= 4 is 101 Å². The van der Waals surface area contributed by atoms with Crippen LogP contribution in [0.5, 0.6) is 11.5 Å². The molecule has 0 saturated carbocycles. The zero-order valence-corrected chi connectivity index (χ0v) is 84.3. The Bertz CT molecular complexity index is 7870. The number of aliphatic imine (C=N–C) groups is 1. The molecule has 0 aliphatic carbocycles. The van der Waals surface area contributed by atoms with Gasteiger partial charge in [0.1, 0.15) is 5.75 Å². The average Bonchev–Trinajstić information content (AvgIpc) is 1.68. The number of benzene rings is 11. The number of likely N-dealkylation sites (tertiary alicyclic amines) is 6. The molecule has 6 saturated heterocycles. The molecule has 750 valence electrons. The van der Waals surface area contributed by atoms with Gasteiger partial charge in [-0.15, -0.1) is 0 Å². The first kappa shape index (κ1) is 97.4. The van der Waals surface area contributed by atoms with Gasteiger partial charge in [-0.05, 0) is 278 Å². The Hall–Kier alpha value is -14.3. The van der Waals surface area contributed by atoms with Gasteiger partial charge < -0.3 is 49.5 Å². The maximum Gasteiger partial charge on any atom is 0.530 e. The molecule has 24 nitrogen and oxygen atoms in total. The average molecular weight is 1980 g/mol. The Balaban J connectivity index is 0.000000100. The number of imidazole rings is 1. The van der Waals surface area contributed by atoms with E-state index in [0.29, 0.717) is 41.3 Å². The molecule has 10 N–H and O–H groups in total. The van der Waals surface area contributed by atoms with Crippen molar-refractivity contribution in [2.45, 2.75) is 134 Å². The molecule has 9 aromatic heterocycles. The number of phenolic OH excluding ortho intramolecular Hbond substituents is 1. The van der Waals surface area contributed by atoms with Crippen LogP contribution in [0.25, 0.3) is 87.4 Å². The van der Waals surface area contributed by atoms with Gasteiger partial charge in [-0.25, -0.2) is 13.9 Å². The standard InChI is InChI=1S/C23H29N2O4P.C21H21N3.2C20H20N4.C19H19FN2O.C18H19N3O/c1-3-27-30(26,28-4-2)29-21-9-7-8-18(14-21)19-12-13-25(16-19)17-20-15-24-23-11-6-5-10-22(20)23;1-2-7-21-19(5-1)17(11-23-21)14-24-9-8-16(13-24)18-6-3-4-15-10-22-12-20(15)18;1-2-4-18-17(3-1)16(10-21-18)12-24-8-7-15(11-24)14-5-6-19-20(9-14)23-13-22-19;1-2-4-19-18(3-1)17(10-21-19)13-24-8-7-16(12-24)14-5-6-15-11-22-23-20(15)9-14;20-17-6-5-13(9-19(17)23)14-7-8-22(11-14)12-15-10-21-18-4-2-1-3-16(15)18;22-18-6-5-13(9-20-18)14-7-8-21(11-14)12-15-10-19-17-4-2-1-3-16(15)17/h5-11,14-15,19,24H,3-4,12-13,16-17H2,1-2H3;1-7,11-12,16,23H,8-10,13-14H2;1-6,9-10,13,15,21H,7-8,11-12H2,(H,22,23);1-6,9-11,16,21H,7-8,12-13H2,(H,22,23);1-6,9-10,14,21,23H,7-8,11-12H2;1-6,9-10,14,19H,7-8,11-12H2,(H,20,22). The lowest BCUT2D eigenvalue weighted by atomic mass is 9.92. The lowest BCUT2D eigenvalue weighted by Crippen LogP contribution is -2.19. The van der Waals surface area contributed by atoms with E-state index in [1.165, 1.54) is 175 Å². The summed E-state index contributed by atoms with van der Waals surface area (Å²) in [5.74, 6) is 2.86. The predicted octanol–water partition coefficient (Wildman–Crippen LogP) is 24.7. The van der Waals surface area contributed by atoms with Gasteiger partial charge in [0.2, 0.25) is 5.56 Å². The van der Waals surface area contributed by atoms with Crippen molar-refractivity contribution in [2.24, 2.45) is 4.99 Å². The SMILES string of the molecule is C1=NCc2cccc(C3CCN(Cc4c[nH]c5ccccc45)C3)c21.CCOP(=O)(OCC)Oc1cccc(C2CCN(Cc3c[nH]c4ccccc34)C2)c1.O=c1ccc(C2CCN(Cc3c[nH]c4ccccc34)C2)c[nH]1.Oc1cc(C2CCN(Cc3c[nH]c4ccccc34)C2)ccc1F.c1ccc2c(CN3CCC(c4ccc5cn[nH]c5c4)C3)c[nH]c2c1.c1ccc2c(CN3CCC(c4ccc5nc[nH]c5c4)C3)c[nH]c2c1. The van der Waals surface area contributed by atoms with E-state index in [9.17, 15) is 18.9 Å². The first-order chi connectivity index (χ1) is 72.2. The molecule has 0 spiro atoms. The van der Waals surface area contributed by atoms with Crippen molar-refractivity contribution in [2.75, 3.05) is 91.8 Å². The van der Waals surface area contributed by atoms with Gasteiger partial charge in [-0.2, -0.15) is 5.10 Å². The highest BCUT2D eigenvalue weighted by molar-refractivity contribution is 7.48. The number of hydrogen-bond donors (Lipinski definition) is 10. The minimum atomic E-state index is -3.58. The van der Waals surface area contributed by atoms with Crippen LogP contribution in [0.3, 0.4) is 0 Å². The highest BCUT2D eigenvalue weighted by Crippen LogP contribution is 2.50. The summed E-state index contributed by atoms with van der Waals surface area (Å²) in [7, 11) is -3.58. The quantitative estimate of drug-likeness (QED) is 0.0252. The number of aromatic hydroxyl groups is 1. The molecule has 6 unspecified atom stereocenters. The molecule has 7 aliphatic heterocycles. The number of halogens is 1. The van der Waals surface area contributed by atoms with Crippen LogP contribution < -0.4 is 10.1 Å². The summed E-state index contributed by atoms with van der Waals surface area (Å²) in [6, 6.07) is 87.0. The zero-order valence-electron chi connectivity index (χ0n) is 83.4.